The lowest BCUT2D eigenvalue weighted by Crippen LogP contribution is -2.26. The molecule has 0 spiro atoms. The van der Waals surface area contributed by atoms with Crippen LogP contribution in [0.5, 0.6) is 0 Å². The van der Waals surface area contributed by atoms with E-state index >= 15 is 0 Å². The average molecular weight is 275 g/mol. The van der Waals surface area contributed by atoms with Gasteiger partial charge < -0.3 is 5.32 Å². The van der Waals surface area contributed by atoms with Crippen molar-refractivity contribution in [2.75, 3.05) is 18.6 Å². The third kappa shape index (κ3) is 3.90. The molecule has 0 radical (unpaired) electrons. The van der Waals surface area contributed by atoms with Crippen LogP contribution in [0.1, 0.15) is 10.4 Å². The van der Waals surface area contributed by atoms with Crippen LogP contribution in [0, 0.1) is 10.1 Å². The Balaban J connectivity index is 2.90. The smallest absolute Gasteiger partial charge is 0.282 e. The fourth-order valence-corrected chi connectivity index (χ4v) is 1.69. The molecule has 1 aromatic carbocycles. The quantitative estimate of drug-likeness (QED) is 0.508. The molecule has 0 saturated carbocycles. The maximum atomic E-state index is 11.7. The number of nitro groups is 1. The molecule has 17 heavy (non-hydrogen) atoms. The molecule has 1 rings (SSSR count). The van der Waals surface area contributed by atoms with E-state index in [1.807, 2.05) is 6.26 Å². The number of benzene rings is 1. The number of carbonyl (C=O) groups excluding carboxylic acids is 1. The Bertz CT molecular complexity index is 440. The van der Waals surface area contributed by atoms with Gasteiger partial charge in [0, 0.05) is 23.4 Å². The second kappa shape index (κ2) is 6.46. The number of rotatable bonds is 5. The highest BCUT2D eigenvalue weighted by atomic mass is 35.5. The van der Waals surface area contributed by atoms with Crippen LogP contribution in [0.2, 0.25) is 5.02 Å². The van der Waals surface area contributed by atoms with Gasteiger partial charge in [0.25, 0.3) is 11.6 Å². The Hall–Kier alpha value is -1.27. The number of thioether (sulfide) groups is 1. The van der Waals surface area contributed by atoms with Crippen LogP contribution in [0.15, 0.2) is 18.2 Å². The van der Waals surface area contributed by atoms with Gasteiger partial charge in [-0.3, -0.25) is 14.9 Å². The van der Waals surface area contributed by atoms with Crippen molar-refractivity contribution in [3.8, 4) is 0 Å². The van der Waals surface area contributed by atoms with Crippen molar-refractivity contribution < 1.29 is 9.72 Å². The van der Waals surface area contributed by atoms with Crippen molar-refractivity contribution in [3.05, 3.63) is 38.9 Å². The van der Waals surface area contributed by atoms with E-state index < -0.39 is 10.8 Å². The van der Waals surface area contributed by atoms with Gasteiger partial charge in [-0.1, -0.05) is 11.6 Å². The summed E-state index contributed by atoms with van der Waals surface area (Å²) in [5.74, 6) is 0.272. The molecule has 1 amide bonds. The summed E-state index contributed by atoms with van der Waals surface area (Å²) in [5, 5.41) is 13.6. The van der Waals surface area contributed by atoms with Gasteiger partial charge in [-0.15, -0.1) is 0 Å². The van der Waals surface area contributed by atoms with Crippen LogP contribution in [0.4, 0.5) is 5.69 Å². The molecule has 0 saturated heterocycles. The zero-order chi connectivity index (χ0) is 12.8. The predicted molar refractivity (Wildman–Crippen MR) is 68.8 cm³/mol. The lowest BCUT2D eigenvalue weighted by molar-refractivity contribution is -0.385. The number of halogens is 1. The lowest BCUT2D eigenvalue weighted by atomic mass is 10.1. The van der Waals surface area contributed by atoms with Crippen molar-refractivity contribution in [1.29, 1.82) is 0 Å². The highest BCUT2D eigenvalue weighted by Crippen LogP contribution is 2.22. The zero-order valence-corrected chi connectivity index (χ0v) is 10.7. The first-order valence-electron chi connectivity index (χ1n) is 4.77. The van der Waals surface area contributed by atoms with Crippen LogP contribution >= 0.6 is 23.4 Å². The largest absolute Gasteiger partial charge is 0.351 e. The molecule has 0 aliphatic carbocycles. The predicted octanol–water partition coefficient (Wildman–Crippen LogP) is 2.34. The third-order valence-electron chi connectivity index (χ3n) is 1.99. The Morgan fingerprint density at radius 2 is 2.29 bits per heavy atom. The molecule has 0 atom stereocenters. The van der Waals surface area contributed by atoms with Crippen LogP contribution in [0.3, 0.4) is 0 Å². The molecule has 0 bridgehead atoms. The molecule has 92 valence electrons. The van der Waals surface area contributed by atoms with E-state index in [4.69, 9.17) is 11.6 Å². The summed E-state index contributed by atoms with van der Waals surface area (Å²) in [5.41, 5.74) is -0.250. The minimum Gasteiger partial charge on any atom is -0.351 e. The Morgan fingerprint density at radius 1 is 1.59 bits per heavy atom. The standard InChI is InChI=1S/C10H11ClN2O3S/c1-17-5-4-12-10(14)8-6-7(11)2-3-9(8)13(15)16/h2-3,6H,4-5H2,1H3,(H,12,14). The molecular weight excluding hydrogens is 264 g/mol. The van der Waals surface area contributed by atoms with Crippen LogP contribution in [0.25, 0.3) is 0 Å². The first-order chi connectivity index (χ1) is 8.06. The topological polar surface area (TPSA) is 72.2 Å². The van der Waals surface area contributed by atoms with Crippen LogP contribution in [-0.4, -0.2) is 29.4 Å². The molecular formula is C10H11ClN2O3S. The van der Waals surface area contributed by atoms with Crippen LogP contribution in [-0.2, 0) is 0 Å². The van der Waals surface area contributed by atoms with Crippen molar-refractivity contribution in [1.82, 2.24) is 5.32 Å². The second-order valence-corrected chi connectivity index (χ2v) is 4.59. The molecule has 1 aromatic rings. The highest BCUT2D eigenvalue weighted by molar-refractivity contribution is 7.98. The third-order valence-corrected chi connectivity index (χ3v) is 2.84. The van der Waals surface area contributed by atoms with Gasteiger partial charge in [0.2, 0.25) is 0 Å². The summed E-state index contributed by atoms with van der Waals surface area (Å²) in [7, 11) is 0. The fourth-order valence-electron chi connectivity index (χ4n) is 1.21. The van der Waals surface area contributed by atoms with E-state index in [1.165, 1.54) is 18.2 Å². The summed E-state index contributed by atoms with van der Waals surface area (Å²) in [6.07, 6.45) is 1.91. The summed E-state index contributed by atoms with van der Waals surface area (Å²) < 4.78 is 0. The molecule has 0 aliphatic heterocycles. The van der Waals surface area contributed by atoms with E-state index in [1.54, 1.807) is 11.8 Å². The molecule has 7 heteroatoms. The molecule has 1 N–H and O–H groups in total. The molecule has 0 aromatic heterocycles. The molecule has 5 nitrogen and oxygen atoms in total. The lowest BCUT2D eigenvalue weighted by Gasteiger charge is -2.05. The molecule has 0 fully saturated rings. The fraction of sp³-hybridized carbons (Fsp3) is 0.300. The van der Waals surface area contributed by atoms with Gasteiger partial charge in [-0.2, -0.15) is 11.8 Å². The number of nitro benzene ring substituents is 1. The maximum Gasteiger partial charge on any atom is 0.282 e. The van der Waals surface area contributed by atoms with Gasteiger partial charge in [0.15, 0.2) is 0 Å². The normalized spacial score (nSPS) is 10.0. The van der Waals surface area contributed by atoms with E-state index in [9.17, 15) is 14.9 Å². The zero-order valence-electron chi connectivity index (χ0n) is 9.10. The van der Waals surface area contributed by atoms with Gasteiger partial charge in [-0.25, -0.2) is 0 Å². The Kier molecular flexibility index (Phi) is 5.24. The first-order valence-corrected chi connectivity index (χ1v) is 6.54. The number of hydrogen-bond donors (Lipinski definition) is 1. The van der Waals surface area contributed by atoms with E-state index in [0.717, 1.165) is 5.75 Å². The summed E-state index contributed by atoms with van der Waals surface area (Å²) in [6, 6.07) is 3.91. The highest BCUT2D eigenvalue weighted by Gasteiger charge is 2.19. The summed E-state index contributed by atoms with van der Waals surface area (Å²) in [6.45, 7) is 0.462. The van der Waals surface area contributed by atoms with Crippen LogP contribution < -0.4 is 5.32 Å². The van der Waals surface area contributed by atoms with Gasteiger partial charge in [0.05, 0.1) is 4.92 Å². The Labute approximate surface area is 108 Å². The van der Waals surface area contributed by atoms with E-state index in [2.05, 4.69) is 5.32 Å². The summed E-state index contributed by atoms with van der Waals surface area (Å²) in [4.78, 5) is 21.9. The van der Waals surface area contributed by atoms with Gasteiger partial charge in [0.1, 0.15) is 5.56 Å². The number of nitrogens with one attached hydrogen (secondary N) is 1. The number of carbonyl (C=O) groups is 1. The average Bonchev–Trinajstić information content (AvgIpc) is 2.28. The number of hydrogen-bond acceptors (Lipinski definition) is 4. The van der Waals surface area contributed by atoms with Gasteiger partial charge in [-0.05, 0) is 18.4 Å². The number of nitrogens with zero attached hydrogens (tertiary/aromatic N) is 1. The van der Waals surface area contributed by atoms with E-state index in [-0.39, 0.29) is 11.3 Å². The molecule has 0 heterocycles. The van der Waals surface area contributed by atoms with Crippen molar-refractivity contribution in [2.45, 2.75) is 0 Å². The number of amides is 1. The SMILES string of the molecule is CSCCNC(=O)c1cc(Cl)ccc1[N+](=O)[O-]. The second-order valence-electron chi connectivity index (χ2n) is 3.17. The van der Waals surface area contributed by atoms with Gasteiger partial charge >= 0.3 is 0 Å². The van der Waals surface area contributed by atoms with Crippen molar-refractivity contribution >= 4 is 35.0 Å². The Morgan fingerprint density at radius 3 is 2.88 bits per heavy atom. The van der Waals surface area contributed by atoms with E-state index in [0.29, 0.717) is 11.6 Å². The minimum atomic E-state index is -0.597. The summed E-state index contributed by atoms with van der Waals surface area (Å²) >= 11 is 7.30. The van der Waals surface area contributed by atoms with Crippen molar-refractivity contribution in [2.24, 2.45) is 0 Å². The maximum absolute atomic E-state index is 11.7. The first kappa shape index (κ1) is 13.8. The molecule has 0 aliphatic rings. The monoisotopic (exact) mass is 274 g/mol. The molecule has 0 unspecified atom stereocenters. The van der Waals surface area contributed by atoms with Crippen molar-refractivity contribution in [3.63, 3.8) is 0 Å². The minimum absolute atomic E-state index is 0.0106.